The molecule has 0 N–H and O–H groups in total. The molecule has 57 heavy (non-hydrogen) atoms. The molecule has 1 unspecified atom stereocenters. The first-order valence-corrected chi connectivity index (χ1v) is 19.7. The smallest absolute Gasteiger partial charge is 0.330 e. The van der Waals surface area contributed by atoms with Gasteiger partial charge in [-0.15, -0.1) is 6.58 Å². The van der Waals surface area contributed by atoms with E-state index in [4.69, 9.17) is 9.47 Å². The molecule has 1 aliphatic carbocycles. The van der Waals surface area contributed by atoms with Crippen LogP contribution >= 0.6 is 0 Å². The topological polar surface area (TPSA) is 52.6 Å². The van der Waals surface area contributed by atoms with Crippen LogP contribution in [0.3, 0.4) is 0 Å². The van der Waals surface area contributed by atoms with E-state index in [9.17, 15) is 9.59 Å². The molecule has 0 aliphatic heterocycles. The minimum absolute atomic E-state index is 0.0468. The Labute approximate surface area is 336 Å². The van der Waals surface area contributed by atoms with Gasteiger partial charge in [0.1, 0.15) is 0 Å². The molecule has 0 saturated carbocycles. The van der Waals surface area contributed by atoms with Gasteiger partial charge in [0.05, 0.1) is 13.2 Å². The molecule has 0 radical (unpaired) electrons. The number of hydrogen-bond acceptors (Lipinski definition) is 4. The Balaban J connectivity index is 1.31. The summed E-state index contributed by atoms with van der Waals surface area (Å²) >= 11 is 0. The minimum atomic E-state index is -0.598. The number of rotatable bonds is 13. The van der Waals surface area contributed by atoms with Crippen LogP contribution in [0.4, 0.5) is 0 Å². The fourth-order valence-electron chi connectivity index (χ4n) is 8.48. The van der Waals surface area contributed by atoms with Crippen molar-refractivity contribution in [2.45, 2.75) is 57.8 Å². The molecule has 0 spiro atoms. The van der Waals surface area contributed by atoms with Crippen molar-refractivity contribution in [3.05, 3.63) is 181 Å². The molecular weight excluding hydrogens is 701 g/mol. The molecular formula is C53H50O4. The van der Waals surface area contributed by atoms with E-state index in [1.165, 1.54) is 55.6 Å². The summed E-state index contributed by atoms with van der Waals surface area (Å²) in [6.07, 6.45) is 10.7. The number of ether oxygens (including phenoxy) is 2. The highest BCUT2D eigenvalue weighted by molar-refractivity contribution is 6.25. The Morgan fingerprint density at radius 1 is 0.737 bits per heavy atom. The fourth-order valence-corrected chi connectivity index (χ4v) is 8.48. The average molecular weight is 751 g/mol. The van der Waals surface area contributed by atoms with Gasteiger partial charge >= 0.3 is 11.9 Å². The molecule has 4 heteroatoms. The molecule has 1 aliphatic rings. The monoisotopic (exact) mass is 750 g/mol. The molecule has 6 aromatic carbocycles. The fraction of sp³-hybridized carbons (Fsp3) is 0.208. The zero-order valence-corrected chi connectivity index (χ0v) is 33.5. The highest BCUT2D eigenvalue weighted by Crippen LogP contribution is 2.54. The number of esters is 2. The van der Waals surface area contributed by atoms with Gasteiger partial charge in [-0.25, -0.2) is 9.59 Å². The van der Waals surface area contributed by atoms with Gasteiger partial charge in [-0.1, -0.05) is 138 Å². The van der Waals surface area contributed by atoms with Crippen LogP contribution in [-0.2, 0) is 36.3 Å². The third-order valence-electron chi connectivity index (χ3n) is 11.6. The first-order chi connectivity index (χ1) is 27.4. The largest absolute Gasteiger partial charge is 0.463 e. The summed E-state index contributed by atoms with van der Waals surface area (Å²) in [5, 5.41) is 7.57. The van der Waals surface area contributed by atoms with Gasteiger partial charge in [0.25, 0.3) is 0 Å². The Hall–Kier alpha value is -6.26. The summed E-state index contributed by atoms with van der Waals surface area (Å²) < 4.78 is 10.7. The van der Waals surface area contributed by atoms with Gasteiger partial charge in [-0.3, -0.25) is 0 Å². The van der Waals surface area contributed by atoms with Crippen LogP contribution < -0.4 is 0 Å². The maximum atomic E-state index is 12.0. The lowest BCUT2D eigenvalue weighted by Gasteiger charge is -2.30. The van der Waals surface area contributed by atoms with Crippen LogP contribution in [0, 0.1) is 0 Å². The third kappa shape index (κ3) is 7.29. The Kier molecular flexibility index (Phi) is 10.7. The second-order valence-electron chi connectivity index (χ2n) is 15.9. The number of fused-ring (bicyclic) bond motifs is 1. The van der Waals surface area contributed by atoms with Crippen molar-refractivity contribution in [2.75, 3.05) is 13.2 Å². The molecule has 1 atom stereocenters. The number of hydrogen-bond donors (Lipinski definition) is 0. The van der Waals surface area contributed by atoms with Crippen LogP contribution in [0.1, 0.15) is 68.4 Å². The number of carbonyl (C=O) groups excluding carboxylic acids is 2. The molecule has 7 rings (SSSR count). The summed E-state index contributed by atoms with van der Waals surface area (Å²) in [5.74, 6) is -0.853. The molecule has 0 fully saturated rings. The van der Waals surface area contributed by atoms with E-state index >= 15 is 0 Å². The molecule has 0 bridgehead atoms. The van der Waals surface area contributed by atoms with Gasteiger partial charge in [-0.05, 0) is 125 Å². The zero-order valence-electron chi connectivity index (χ0n) is 33.5. The van der Waals surface area contributed by atoms with Crippen molar-refractivity contribution in [1.82, 2.24) is 0 Å². The first-order valence-electron chi connectivity index (χ1n) is 19.7. The summed E-state index contributed by atoms with van der Waals surface area (Å²) in [6, 6.07) is 33.4. The van der Waals surface area contributed by atoms with Crippen LogP contribution in [0.25, 0.3) is 54.6 Å². The van der Waals surface area contributed by atoms with E-state index in [-0.39, 0.29) is 12.0 Å². The predicted octanol–water partition coefficient (Wildman–Crippen LogP) is 12.8. The molecule has 286 valence electrons. The number of carbonyl (C=O) groups is 2. The lowest BCUT2D eigenvalue weighted by atomic mass is 9.73. The summed E-state index contributed by atoms with van der Waals surface area (Å²) in [4.78, 5) is 23.5. The van der Waals surface area contributed by atoms with E-state index in [0.29, 0.717) is 25.9 Å². The molecule has 6 aromatic rings. The SMILES string of the molecule is C=CC(=O)OCCCC1(C=C)/C(=C/C(=C\C)c2ccc(CCOC(=O)C=C)cc2)C(=C)c2ccc(-c3ccc4ccc5cc(C(C)(C)C)cc6ccc3c4c56)cc21. The van der Waals surface area contributed by atoms with Crippen molar-refractivity contribution in [3.8, 4) is 11.1 Å². The molecule has 0 aromatic heterocycles. The van der Waals surface area contributed by atoms with Gasteiger partial charge in [-0.2, -0.15) is 0 Å². The van der Waals surface area contributed by atoms with Crippen molar-refractivity contribution >= 4 is 55.4 Å². The standard InChI is InChI=1S/C53H50O4/c1-9-36(37-16-14-35(15-17-37)26-29-57-49(55)11-3)32-46-34(5)43-23-21-39(33-47(43)53(46,12-4)27-13-28-56-48(54)10-2)44-24-20-38-18-19-40-30-42(52(6,7)8)31-41-22-25-45(44)51(38)50(40)41/h9-12,14-25,30-33H,2-5,13,26-29H2,1,6-8H3/b36-9+,46-32+. The van der Waals surface area contributed by atoms with E-state index in [2.05, 4.69) is 150 Å². The summed E-state index contributed by atoms with van der Waals surface area (Å²) in [5.41, 5.74) is 10.5. The molecule has 0 amide bonds. The van der Waals surface area contributed by atoms with Crippen LogP contribution in [0.5, 0.6) is 0 Å². The van der Waals surface area contributed by atoms with Crippen LogP contribution in [-0.4, -0.2) is 25.2 Å². The van der Waals surface area contributed by atoms with Gasteiger partial charge < -0.3 is 9.47 Å². The lowest BCUT2D eigenvalue weighted by molar-refractivity contribution is -0.138. The Morgan fingerprint density at radius 3 is 2.02 bits per heavy atom. The van der Waals surface area contributed by atoms with Crippen molar-refractivity contribution < 1.29 is 19.1 Å². The summed E-state index contributed by atoms with van der Waals surface area (Å²) in [7, 11) is 0. The van der Waals surface area contributed by atoms with Crippen molar-refractivity contribution in [1.29, 1.82) is 0 Å². The highest BCUT2D eigenvalue weighted by atomic mass is 16.5. The quantitative estimate of drug-likeness (QED) is 0.0388. The second kappa shape index (κ2) is 15.7. The third-order valence-corrected chi connectivity index (χ3v) is 11.6. The normalized spacial score (nSPS) is 16.3. The average Bonchev–Trinajstić information content (AvgIpc) is 3.45. The highest BCUT2D eigenvalue weighted by Gasteiger charge is 2.42. The van der Waals surface area contributed by atoms with Gasteiger partial charge in [0, 0.05) is 24.0 Å². The lowest BCUT2D eigenvalue weighted by Crippen LogP contribution is -2.23. The predicted molar refractivity (Wildman–Crippen MR) is 239 cm³/mol. The number of allylic oxidation sites excluding steroid dienone is 6. The molecule has 0 heterocycles. The Bertz CT molecular complexity index is 2620. The maximum Gasteiger partial charge on any atom is 0.330 e. The molecule has 4 nitrogen and oxygen atoms in total. The zero-order chi connectivity index (χ0) is 40.5. The van der Waals surface area contributed by atoms with Gasteiger partial charge in [0.2, 0.25) is 0 Å². The minimum Gasteiger partial charge on any atom is -0.463 e. The van der Waals surface area contributed by atoms with E-state index in [1.807, 2.05) is 13.0 Å². The molecule has 0 saturated heterocycles. The second-order valence-corrected chi connectivity index (χ2v) is 15.9. The number of benzene rings is 6. The summed E-state index contributed by atoms with van der Waals surface area (Å²) in [6.45, 7) is 25.6. The van der Waals surface area contributed by atoms with Crippen molar-refractivity contribution in [2.24, 2.45) is 0 Å². The van der Waals surface area contributed by atoms with Crippen molar-refractivity contribution in [3.63, 3.8) is 0 Å². The van der Waals surface area contributed by atoms with E-state index < -0.39 is 17.4 Å². The Morgan fingerprint density at radius 2 is 1.37 bits per heavy atom. The first kappa shape index (κ1) is 39.0. The van der Waals surface area contributed by atoms with E-state index in [0.717, 1.165) is 44.5 Å². The van der Waals surface area contributed by atoms with E-state index in [1.54, 1.807) is 0 Å². The van der Waals surface area contributed by atoms with Gasteiger partial charge in [0.15, 0.2) is 0 Å². The maximum absolute atomic E-state index is 12.0. The van der Waals surface area contributed by atoms with Crippen LogP contribution in [0.15, 0.2) is 153 Å². The van der Waals surface area contributed by atoms with Crippen LogP contribution in [0.2, 0.25) is 0 Å².